The molecule has 5 heterocycles. The predicted molar refractivity (Wildman–Crippen MR) is 179 cm³/mol. The third-order valence-electron chi connectivity index (χ3n) is 9.65. The molecule has 3 aromatic heterocycles. The van der Waals surface area contributed by atoms with Crippen molar-refractivity contribution in [3.8, 4) is 11.1 Å². The van der Waals surface area contributed by atoms with Gasteiger partial charge in [0.2, 0.25) is 11.8 Å². The number of likely N-dealkylation sites (tertiary alicyclic amines) is 1. The lowest BCUT2D eigenvalue weighted by Gasteiger charge is -2.27. The van der Waals surface area contributed by atoms with E-state index in [4.69, 9.17) is 4.74 Å². The monoisotopic (exact) mass is 750 g/mol. The second-order valence-corrected chi connectivity index (χ2v) is 13.9. The van der Waals surface area contributed by atoms with Crippen LogP contribution in [0.1, 0.15) is 54.5 Å². The van der Waals surface area contributed by atoms with Crippen molar-refractivity contribution in [3.63, 3.8) is 0 Å². The number of rotatable bonds is 4. The summed E-state index contributed by atoms with van der Waals surface area (Å²) in [6.45, 7) is 2.70. The smallest absolute Gasteiger partial charge is 0.324 e. The van der Waals surface area contributed by atoms with Gasteiger partial charge in [-0.25, -0.2) is 15.0 Å². The number of aryl methyl sites for hydroxylation is 1. The average Bonchev–Trinajstić information content (AvgIpc) is 3.50. The lowest BCUT2D eigenvalue weighted by atomic mass is 9.98. The lowest BCUT2D eigenvalue weighted by molar-refractivity contribution is -0.147. The molecule has 1 aliphatic carbocycles. The second kappa shape index (κ2) is 12.9. The summed E-state index contributed by atoms with van der Waals surface area (Å²) in [7, 11) is 0. The van der Waals surface area contributed by atoms with Crippen molar-refractivity contribution in [1.82, 2.24) is 34.9 Å². The lowest BCUT2D eigenvalue weighted by Crippen LogP contribution is -2.47. The molecule has 0 radical (unpaired) electrons. The highest BCUT2D eigenvalue weighted by molar-refractivity contribution is 9.10. The minimum atomic E-state index is -3.61. The van der Waals surface area contributed by atoms with E-state index in [1.54, 1.807) is 43.6 Å². The second-order valence-electron chi connectivity index (χ2n) is 13.1. The number of pyridine rings is 1. The Morgan fingerprint density at radius 1 is 1.10 bits per heavy atom. The molecular formula is C34H33BrF2N8O5. The SMILES string of the molecule is CC(=O)c1nn(CC(=O)N2[C@H]3CC4(CNC(=O)C(F)(F)CCCOCc5ccc(Br)nc5NC3=O)C[C@@H]24)c2ccc(-c3cnc(C)nc3)cc12. The highest BCUT2D eigenvalue weighted by Gasteiger charge is 2.67. The average molecular weight is 752 g/mol. The number of anilines is 1. The number of amides is 3. The molecule has 2 bridgehead atoms. The standard InChI is InChI=1S/C34H33BrF2N8O5/c1-18(46)29-23-10-20(22-13-38-19(2)39-14-22)4-6-24(23)44(43-29)15-28(47)45-25-11-33(12-26(33)45)17-40-32(49)34(36,37)8-3-9-50-16-21-5-7-27(35)41-30(21)42-31(25)48/h4-7,10,13-14,25-26H,3,8-9,11-12,15-17H2,1-2H3,(H,40,49)(H,41,42,48)/t25-,26+,33?/m0/s1. The molecule has 2 aliphatic heterocycles. The molecule has 7 rings (SSSR count). The van der Waals surface area contributed by atoms with Gasteiger partial charge in [-0.05, 0) is 65.9 Å². The maximum absolute atomic E-state index is 14.8. The van der Waals surface area contributed by atoms with Gasteiger partial charge in [0.15, 0.2) is 5.78 Å². The third-order valence-corrected chi connectivity index (χ3v) is 10.1. The van der Waals surface area contributed by atoms with Crippen LogP contribution in [0.4, 0.5) is 14.6 Å². The highest BCUT2D eigenvalue weighted by atomic mass is 79.9. The van der Waals surface area contributed by atoms with Gasteiger partial charge in [-0.15, -0.1) is 0 Å². The highest BCUT2D eigenvalue weighted by Crippen LogP contribution is 2.59. The molecule has 260 valence electrons. The zero-order valence-corrected chi connectivity index (χ0v) is 28.8. The van der Waals surface area contributed by atoms with E-state index < -0.39 is 47.6 Å². The van der Waals surface area contributed by atoms with Gasteiger partial charge in [0, 0.05) is 66.9 Å². The summed E-state index contributed by atoms with van der Waals surface area (Å²) >= 11 is 3.33. The minimum Gasteiger partial charge on any atom is -0.377 e. The van der Waals surface area contributed by atoms with Crippen molar-refractivity contribution in [1.29, 1.82) is 0 Å². The maximum Gasteiger partial charge on any atom is 0.324 e. The topological polar surface area (TPSA) is 161 Å². The first-order valence-corrected chi connectivity index (χ1v) is 17.0. The number of hydrogen-bond donors (Lipinski definition) is 2. The van der Waals surface area contributed by atoms with Crippen molar-refractivity contribution < 1.29 is 32.7 Å². The summed E-state index contributed by atoms with van der Waals surface area (Å²) in [4.78, 5) is 67.8. The summed E-state index contributed by atoms with van der Waals surface area (Å²) in [6.07, 6.45) is 3.18. The molecule has 16 heteroatoms. The number of hydrogen-bond acceptors (Lipinski definition) is 9. The quantitative estimate of drug-likeness (QED) is 0.230. The van der Waals surface area contributed by atoms with Crippen molar-refractivity contribution in [3.05, 3.63) is 64.4 Å². The minimum absolute atomic E-state index is 0.0168. The normalized spacial score (nSPS) is 23.5. The number of carbonyl (C=O) groups is 4. The molecule has 50 heavy (non-hydrogen) atoms. The summed E-state index contributed by atoms with van der Waals surface area (Å²) < 4.78 is 37.0. The molecule has 1 saturated carbocycles. The van der Waals surface area contributed by atoms with Crippen LogP contribution in [0.3, 0.4) is 0 Å². The molecule has 1 unspecified atom stereocenters. The van der Waals surface area contributed by atoms with Gasteiger partial charge in [0.05, 0.1) is 12.1 Å². The number of alkyl halides is 2. The van der Waals surface area contributed by atoms with Crippen LogP contribution in [0.2, 0.25) is 0 Å². The number of ketones is 1. The van der Waals surface area contributed by atoms with Crippen molar-refractivity contribution >= 4 is 56.2 Å². The molecule has 13 nitrogen and oxygen atoms in total. The van der Waals surface area contributed by atoms with Crippen LogP contribution in [0.5, 0.6) is 0 Å². The van der Waals surface area contributed by atoms with Crippen LogP contribution in [-0.4, -0.2) is 84.3 Å². The molecule has 1 spiro atoms. The third kappa shape index (κ3) is 6.37. The molecule has 2 fully saturated rings. The van der Waals surface area contributed by atoms with Gasteiger partial charge in [0.25, 0.3) is 5.91 Å². The number of piperidine rings is 1. The summed E-state index contributed by atoms with van der Waals surface area (Å²) in [5.41, 5.74) is 1.97. The number of benzene rings is 1. The van der Waals surface area contributed by atoms with Crippen molar-refractivity contribution in [2.45, 2.75) is 70.7 Å². The first-order valence-electron chi connectivity index (χ1n) is 16.2. The molecule has 3 aliphatic rings. The Balaban J connectivity index is 1.21. The van der Waals surface area contributed by atoms with Crippen LogP contribution in [0, 0.1) is 12.3 Å². The zero-order valence-electron chi connectivity index (χ0n) is 27.2. The summed E-state index contributed by atoms with van der Waals surface area (Å²) in [6, 6.07) is 7.26. The van der Waals surface area contributed by atoms with Gasteiger partial charge in [-0.2, -0.15) is 13.9 Å². The maximum atomic E-state index is 14.8. The molecule has 3 atom stereocenters. The van der Waals surface area contributed by atoms with Crippen LogP contribution < -0.4 is 10.6 Å². The Hall–Kier alpha value is -4.70. The van der Waals surface area contributed by atoms with Gasteiger partial charge in [-0.3, -0.25) is 23.9 Å². The summed E-state index contributed by atoms with van der Waals surface area (Å²) in [5, 5.41) is 10.3. The molecule has 4 aromatic rings. The van der Waals surface area contributed by atoms with Crippen LogP contribution in [0.25, 0.3) is 22.0 Å². The Bertz CT molecular complexity index is 2040. The van der Waals surface area contributed by atoms with Crippen molar-refractivity contribution in [2.75, 3.05) is 18.5 Å². The van der Waals surface area contributed by atoms with E-state index in [1.807, 2.05) is 6.07 Å². The zero-order chi connectivity index (χ0) is 35.4. The number of aromatic nitrogens is 5. The predicted octanol–water partition coefficient (Wildman–Crippen LogP) is 4.22. The van der Waals surface area contributed by atoms with Crippen molar-refractivity contribution in [2.24, 2.45) is 5.41 Å². The van der Waals surface area contributed by atoms with E-state index in [9.17, 15) is 28.0 Å². The Morgan fingerprint density at radius 2 is 1.88 bits per heavy atom. The number of nitrogens with one attached hydrogen (secondary N) is 2. The van der Waals surface area contributed by atoms with E-state index in [0.29, 0.717) is 33.3 Å². The molecular weight excluding hydrogens is 718 g/mol. The number of halogens is 3. The first-order chi connectivity index (χ1) is 23.8. The number of nitrogens with zero attached hydrogens (tertiary/aromatic N) is 6. The number of fused-ring (bicyclic) bond motifs is 3. The van der Waals surface area contributed by atoms with E-state index in [2.05, 4.69) is 46.6 Å². The van der Waals surface area contributed by atoms with Gasteiger partial charge >= 0.3 is 5.92 Å². The number of ether oxygens (including phenoxy) is 1. The fraction of sp³-hybridized carbons (Fsp3) is 0.412. The largest absolute Gasteiger partial charge is 0.377 e. The first kappa shape index (κ1) is 33.8. The Morgan fingerprint density at radius 3 is 2.64 bits per heavy atom. The summed E-state index contributed by atoms with van der Waals surface area (Å²) in [5.74, 6) is -5.44. The number of carbonyl (C=O) groups excluding carboxylic acids is 4. The molecule has 3 amide bonds. The fourth-order valence-corrected chi connectivity index (χ4v) is 7.24. The van der Waals surface area contributed by atoms with Crippen LogP contribution >= 0.6 is 15.9 Å². The van der Waals surface area contributed by atoms with Gasteiger partial charge < -0.3 is 20.3 Å². The molecule has 1 aromatic carbocycles. The van der Waals surface area contributed by atoms with E-state index >= 15 is 0 Å². The van der Waals surface area contributed by atoms with E-state index in [-0.39, 0.29) is 56.4 Å². The van der Waals surface area contributed by atoms with Crippen LogP contribution in [-0.2, 0) is 32.3 Å². The Labute approximate surface area is 293 Å². The molecule has 2 N–H and O–H groups in total. The van der Waals surface area contributed by atoms with E-state index in [0.717, 1.165) is 11.1 Å². The Kier molecular flexibility index (Phi) is 8.70. The van der Waals surface area contributed by atoms with Gasteiger partial charge in [-0.1, -0.05) is 12.1 Å². The van der Waals surface area contributed by atoms with Gasteiger partial charge in [0.1, 0.15) is 34.5 Å². The molecule has 1 saturated heterocycles. The fourth-order valence-electron chi connectivity index (χ4n) is 6.93. The number of Topliss-reactive ketones (excluding diaryl/α,β-unsaturated/α-hetero) is 1. The van der Waals surface area contributed by atoms with Crippen LogP contribution in [0.15, 0.2) is 47.3 Å². The van der Waals surface area contributed by atoms with E-state index in [1.165, 1.54) is 16.5 Å².